The number of carbonyl (C=O) groups is 2. The van der Waals surface area contributed by atoms with Crippen molar-refractivity contribution in [3.63, 3.8) is 0 Å². The van der Waals surface area contributed by atoms with Crippen LogP contribution in [0.25, 0.3) is 5.57 Å². The van der Waals surface area contributed by atoms with Gasteiger partial charge in [0, 0.05) is 26.0 Å². The molecule has 1 aliphatic heterocycles. The molecule has 156 valence electrons. The summed E-state index contributed by atoms with van der Waals surface area (Å²) in [6.45, 7) is 4.72. The first-order valence-corrected chi connectivity index (χ1v) is 10.3. The lowest BCUT2D eigenvalue weighted by Gasteiger charge is -2.22. The fraction of sp³-hybridized carbons (Fsp3) is 0.192. The number of aryl methyl sites for hydroxylation is 2. The number of hydrogen-bond acceptors (Lipinski definition) is 4. The Balaban J connectivity index is 1.77. The van der Waals surface area contributed by atoms with Crippen LogP contribution in [-0.4, -0.2) is 33.6 Å². The van der Waals surface area contributed by atoms with Crippen molar-refractivity contribution in [2.24, 2.45) is 0 Å². The molecule has 0 fully saturated rings. The highest BCUT2D eigenvalue weighted by atomic mass is 16.2. The van der Waals surface area contributed by atoms with Gasteiger partial charge in [0.05, 0.1) is 12.1 Å². The number of nitrogens with zero attached hydrogens (tertiary/aromatic N) is 3. The number of rotatable bonds is 6. The van der Waals surface area contributed by atoms with Gasteiger partial charge in [0.2, 0.25) is 0 Å². The average Bonchev–Trinajstić information content (AvgIpc) is 3.00. The van der Waals surface area contributed by atoms with E-state index >= 15 is 0 Å². The summed E-state index contributed by atoms with van der Waals surface area (Å²) in [4.78, 5) is 34.3. The molecule has 0 bridgehead atoms. The van der Waals surface area contributed by atoms with E-state index in [1.165, 1.54) is 4.90 Å². The van der Waals surface area contributed by atoms with Gasteiger partial charge in [-0.15, -0.1) is 0 Å². The first-order chi connectivity index (χ1) is 15.0. The lowest BCUT2D eigenvalue weighted by Crippen LogP contribution is -2.33. The molecule has 2 aromatic carbocycles. The maximum atomic E-state index is 13.5. The molecule has 0 aliphatic carbocycles. The summed E-state index contributed by atoms with van der Waals surface area (Å²) >= 11 is 0. The van der Waals surface area contributed by atoms with E-state index in [9.17, 15) is 9.59 Å². The molecule has 1 aliphatic rings. The van der Waals surface area contributed by atoms with Crippen LogP contribution in [0.5, 0.6) is 0 Å². The predicted molar refractivity (Wildman–Crippen MR) is 121 cm³/mol. The van der Waals surface area contributed by atoms with E-state index in [4.69, 9.17) is 0 Å². The summed E-state index contributed by atoms with van der Waals surface area (Å²) in [5, 5.41) is 0. The van der Waals surface area contributed by atoms with Crippen molar-refractivity contribution in [3.8, 4) is 0 Å². The van der Waals surface area contributed by atoms with Gasteiger partial charge < -0.3 is 4.90 Å². The van der Waals surface area contributed by atoms with Crippen molar-refractivity contribution in [2.75, 3.05) is 7.05 Å². The highest BCUT2D eigenvalue weighted by molar-refractivity contribution is 6.35. The number of imide groups is 1. The molecular formula is C26H25N3O2. The SMILES string of the molecule is Cc1ccc(C2=C(N(C)Cc3ccccc3)C(=O)N(Cc3cccnc3)C2=O)c(C)c1. The standard InChI is InChI=1S/C26H25N3O2/c1-18-11-12-22(19(2)14-18)23-24(28(3)16-20-8-5-4-6-9-20)26(31)29(25(23)30)17-21-10-7-13-27-15-21/h4-15H,16-17H2,1-3H3. The Kier molecular flexibility index (Phi) is 5.67. The average molecular weight is 412 g/mol. The molecule has 0 radical (unpaired) electrons. The fourth-order valence-corrected chi connectivity index (χ4v) is 4.01. The Bertz CT molecular complexity index is 1150. The number of hydrogen-bond donors (Lipinski definition) is 0. The van der Waals surface area contributed by atoms with E-state index in [2.05, 4.69) is 4.98 Å². The molecule has 0 unspecified atom stereocenters. The van der Waals surface area contributed by atoms with Crippen LogP contribution in [0.1, 0.15) is 27.8 Å². The van der Waals surface area contributed by atoms with Gasteiger partial charge in [0.25, 0.3) is 11.8 Å². The lowest BCUT2D eigenvalue weighted by atomic mass is 9.97. The van der Waals surface area contributed by atoms with Crippen molar-refractivity contribution in [2.45, 2.75) is 26.9 Å². The number of carbonyl (C=O) groups excluding carboxylic acids is 2. The largest absolute Gasteiger partial charge is 0.365 e. The highest BCUT2D eigenvalue weighted by Gasteiger charge is 2.41. The van der Waals surface area contributed by atoms with Crippen LogP contribution < -0.4 is 0 Å². The van der Waals surface area contributed by atoms with Crippen molar-refractivity contribution < 1.29 is 9.59 Å². The molecule has 0 saturated carbocycles. The molecule has 1 aromatic heterocycles. The summed E-state index contributed by atoms with van der Waals surface area (Å²) in [7, 11) is 1.87. The summed E-state index contributed by atoms with van der Waals surface area (Å²) in [6.07, 6.45) is 3.36. The molecule has 3 aromatic rings. The Morgan fingerprint density at radius 3 is 2.32 bits per heavy atom. The molecule has 0 saturated heterocycles. The number of aromatic nitrogens is 1. The molecule has 4 rings (SSSR count). The number of pyridine rings is 1. The Morgan fingerprint density at radius 1 is 0.903 bits per heavy atom. The third-order valence-electron chi connectivity index (χ3n) is 5.50. The van der Waals surface area contributed by atoms with Crippen LogP contribution in [0.3, 0.4) is 0 Å². The molecule has 0 N–H and O–H groups in total. The third kappa shape index (κ3) is 4.12. The summed E-state index contributed by atoms with van der Waals surface area (Å²) in [5.41, 5.74) is 5.68. The van der Waals surface area contributed by atoms with Crippen LogP contribution >= 0.6 is 0 Å². The van der Waals surface area contributed by atoms with E-state index in [1.54, 1.807) is 18.5 Å². The van der Waals surface area contributed by atoms with Crippen molar-refractivity contribution >= 4 is 17.4 Å². The van der Waals surface area contributed by atoms with Gasteiger partial charge in [-0.1, -0.05) is 60.2 Å². The molecule has 2 amide bonds. The van der Waals surface area contributed by atoms with E-state index < -0.39 is 0 Å². The van der Waals surface area contributed by atoms with Crippen LogP contribution in [0.2, 0.25) is 0 Å². The molecule has 2 heterocycles. The zero-order chi connectivity index (χ0) is 22.0. The number of likely N-dealkylation sites (N-methyl/N-ethyl adjacent to an activating group) is 1. The van der Waals surface area contributed by atoms with Gasteiger partial charge >= 0.3 is 0 Å². The molecule has 5 heteroatoms. The quantitative estimate of drug-likeness (QED) is 0.573. The fourth-order valence-electron chi connectivity index (χ4n) is 4.01. The maximum Gasteiger partial charge on any atom is 0.278 e. The zero-order valence-electron chi connectivity index (χ0n) is 18.0. The summed E-state index contributed by atoms with van der Waals surface area (Å²) in [6, 6.07) is 19.6. The van der Waals surface area contributed by atoms with E-state index in [-0.39, 0.29) is 18.4 Å². The minimum atomic E-state index is -0.276. The molecule has 0 spiro atoms. The van der Waals surface area contributed by atoms with E-state index in [0.29, 0.717) is 17.8 Å². The topological polar surface area (TPSA) is 53.5 Å². The van der Waals surface area contributed by atoms with Gasteiger partial charge in [-0.3, -0.25) is 19.5 Å². The van der Waals surface area contributed by atoms with E-state index in [1.807, 2.05) is 80.4 Å². The normalized spacial score (nSPS) is 13.8. The lowest BCUT2D eigenvalue weighted by molar-refractivity contribution is -0.138. The Morgan fingerprint density at radius 2 is 1.65 bits per heavy atom. The van der Waals surface area contributed by atoms with Crippen LogP contribution in [-0.2, 0) is 22.7 Å². The van der Waals surface area contributed by atoms with Crippen LogP contribution in [0.4, 0.5) is 0 Å². The number of amides is 2. The Labute approximate surface area is 182 Å². The van der Waals surface area contributed by atoms with Crippen molar-refractivity contribution in [3.05, 3.63) is 107 Å². The van der Waals surface area contributed by atoms with Gasteiger partial charge in [0.15, 0.2) is 0 Å². The molecular weight excluding hydrogens is 386 g/mol. The first kappa shape index (κ1) is 20.5. The van der Waals surface area contributed by atoms with Gasteiger partial charge in [-0.25, -0.2) is 0 Å². The second-order valence-corrected chi connectivity index (χ2v) is 7.94. The smallest absolute Gasteiger partial charge is 0.278 e. The number of benzene rings is 2. The second kappa shape index (κ2) is 8.56. The van der Waals surface area contributed by atoms with Crippen molar-refractivity contribution in [1.82, 2.24) is 14.8 Å². The minimum Gasteiger partial charge on any atom is -0.365 e. The molecule has 0 atom stereocenters. The molecule has 5 nitrogen and oxygen atoms in total. The monoisotopic (exact) mass is 411 g/mol. The Hall–Kier alpha value is -3.73. The summed E-state index contributed by atoms with van der Waals surface area (Å²) in [5.74, 6) is -0.544. The zero-order valence-corrected chi connectivity index (χ0v) is 18.0. The predicted octanol–water partition coefficient (Wildman–Crippen LogP) is 4.11. The van der Waals surface area contributed by atoms with Gasteiger partial charge in [-0.05, 0) is 42.2 Å². The second-order valence-electron chi connectivity index (χ2n) is 7.94. The summed E-state index contributed by atoms with van der Waals surface area (Å²) < 4.78 is 0. The van der Waals surface area contributed by atoms with Crippen molar-refractivity contribution in [1.29, 1.82) is 0 Å². The van der Waals surface area contributed by atoms with E-state index in [0.717, 1.165) is 27.8 Å². The highest BCUT2D eigenvalue weighted by Crippen LogP contribution is 2.34. The minimum absolute atomic E-state index is 0.197. The van der Waals surface area contributed by atoms with Gasteiger partial charge in [0.1, 0.15) is 5.70 Å². The maximum absolute atomic E-state index is 13.5. The first-order valence-electron chi connectivity index (χ1n) is 10.3. The van der Waals surface area contributed by atoms with Crippen LogP contribution in [0, 0.1) is 13.8 Å². The third-order valence-corrected chi connectivity index (χ3v) is 5.50. The van der Waals surface area contributed by atoms with Crippen LogP contribution in [0.15, 0.2) is 78.8 Å². The molecule has 31 heavy (non-hydrogen) atoms. The van der Waals surface area contributed by atoms with Gasteiger partial charge in [-0.2, -0.15) is 0 Å².